The Labute approximate surface area is 127 Å². The van der Waals surface area contributed by atoms with Crippen molar-refractivity contribution in [3.8, 4) is 0 Å². The van der Waals surface area contributed by atoms with Crippen LogP contribution in [0.5, 0.6) is 0 Å². The van der Waals surface area contributed by atoms with Crippen LogP contribution in [-0.2, 0) is 0 Å². The quantitative estimate of drug-likeness (QED) is 0.864. The summed E-state index contributed by atoms with van der Waals surface area (Å²) in [5.41, 5.74) is 2.34. The van der Waals surface area contributed by atoms with Gasteiger partial charge >= 0.3 is 0 Å². The minimum atomic E-state index is -0.0233. The highest BCUT2D eigenvalue weighted by Crippen LogP contribution is 2.21. The second kappa shape index (κ2) is 6.12. The van der Waals surface area contributed by atoms with Crippen LogP contribution in [0.15, 0.2) is 36.7 Å². The Morgan fingerprint density at radius 3 is 2.14 bits per heavy atom. The van der Waals surface area contributed by atoms with Crippen molar-refractivity contribution < 1.29 is 0 Å². The van der Waals surface area contributed by atoms with E-state index < -0.39 is 0 Å². The molecule has 0 saturated carbocycles. The van der Waals surface area contributed by atoms with E-state index in [1.807, 2.05) is 6.07 Å². The lowest BCUT2D eigenvalue weighted by molar-refractivity contribution is 0.630. The second-order valence-electron chi connectivity index (χ2n) is 6.57. The molecule has 0 aliphatic carbocycles. The Bertz CT molecular complexity index is 582. The number of rotatable bonds is 4. The standard InChI is InChI=1S/C17H24N4/c1-12(2)13-6-8-14(9-7-13)20-15-10-16(19-11-18-15)21-17(3,4)5/h6-12H,1-5H3,(H2,18,19,20,21). The van der Waals surface area contributed by atoms with E-state index in [-0.39, 0.29) is 5.54 Å². The fourth-order valence-corrected chi connectivity index (χ4v) is 1.98. The zero-order chi connectivity index (χ0) is 15.5. The fourth-order valence-electron chi connectivity index (χ4n) is 1.98. The van der Waals surface area contributed by atoms with Crippen molar-refractivity contribution in [2.45, 2.75) is 46.1 Å². The Morgan fingerprint density at radius 1 is 0.952 bits per heavy atom. The summed E-state index contributed by atoms with van der Waals surface area (Å²) in [5, 5.41) is 6.65. The Balaban J connectivity index is 2.10. The number of anilines is 3. The van der Waals surface area contributed by atoms with Gasteiger partial charge < -0.3 is 10.6 Å². The summed E-state index contributed by atoms with van der Waals surface area (Å²) in [7, 11) is 0. The molecule has 4 heteroatoms. The minimum absolute atomic E-state index is 0.0233. The van der Waals surface area contributed by atoms with Crippen LogP contribution in [0, 0.1) is 0 Å². The lowest BCUT2D eigenvalue weighted by atomic mass is 10.0. The maximum Gasteiger partial charge on any atom is 0.135 e. The van der Waals surface area contributed by atoms with Crippen LogP contribution in [0.25, 0.3) is 0 Å². The molecule has 0 atom stereocenters. The number of hydrogen-bond donors (Lipinski definition) is 2. The zero-order valence-corrected chi connectivity index (χ0v) is 13.4. The first-order valence-corrected chi connectivity index (χ1v) is 7.31. The van der Waals surface area contributed by atoms with Crippen molar-refractivity contribution in [2.75, 3.05) is 10.6 Å². The molecule has 2 rings (SSSR count). The van der Waals surface area contributed by atoms with E-state index in [9.17, 15) is 0 Å². The van der Waals surface area contributed by atoms with Crippen molar-refractivity contribution in [3.05, 3.63) is 42.2 Å². The number of nitrogens with one attached hydrogen (secondary N) is 2. The fraction of sp³-hybridized carbons (Fsp3) is 0.412. The molecule has 21 heavy (non-hydrogen) atoms. The first kappa shape index (κ1) is 15.3. The van der Waals surface area contributed by atoms with E-state index in [0.717, 1.165) is 17.3 Å². The van der Waals surface area contributed by atoms with Crippen molar-refractivity contribution >= 4 is 17.3 Å². The number of nitrogens with zero attached hydrogens (tertiary/aromatic N) is 2. The van der Waals surface area contributed by atoms with Crippen LogP contribution < -0.4 is 10.6 Å². The first-order valence-electron chi connectivity index (χ1n) is 7.31. The summed E-state index contributed by atoms with van der Waals surface area (Å²) in [4.78, 5) is 8.50. The molecule has 1 heterocycles. The van der Waals surface area contributed by atoms with Crippen LogP contribution in [0.1, 0.15) is 46.1 Å². The topological polar surface area (TPSA) is 49.8 Å². The van der Waals surface area contributed by atoms with Gasteiger partial charge in [0.2, 0.25) is 0 Å². The van der Waals surface area contributed by atoms with Crippen LogP contribution in [0.3, 0.4) is 0 Å². The lowest BCUT2D eigenvalue weighted by Gasteiger charge is -2.21. The van der Waals surface area contributed by atoms with Gasteiger partial charge in [0.15, 0.2) is 0 Å². The third-order valence-corrected chi connectivity index (χ3v) is 3.02. The van der Waals surface area contributed by atoms with Gasteiger partial charge in [-0.15, -0.1) is 0 Å². The summed E-state index contributed by atoms with van der Waals surface area (Å²) < 4.78 is 0. The molecule has 2 N–H and O–H groups in total. The van der Waals surface area contributed by atoms with E-state index in [1.54, 1.807) is 6.33 Å². The summed E-state index contributed by atoms with van der Waals surface area (Å²) >= 11 is 0. The molecule has 112 valence electrons. The van der Waals surface area contributed by atoms with E-state index in [4.69, 9.17) is 0 Å². The van der Waals surface area contributed by atoms with Crippen molar-refractivity contribution in [1.29, 1.82) is 0 Å². The van der Waals surface area contributed by atoms with E-state index >= 15 is 0 Å². The minimum Gasteiger partial charge on any atom is -0.365 e. The van der Waals surface area contributed by atoms with Gasteiger partial charge in [-0.1, -0.05) is 26.0 Å². The van der Waals surface area contributed by atoms with Gasteiger partial charge in [0.05, 0.1) is 0 Å². The van der Waals surface area contributed by atoms with Crippen LogP contribution >= 0.6 is 0 Å². The van der Waals surface area contributed by atoms with E-state index in [0.29, 0.717) is 5.92 Å². The molecule has 0 spiro atoms. The molecule has 0 amide bonds. The van der Waals surface area contributed by atoms with Crippen LogP contribution in [-0.4, -0.2) is 15.5 Å². The average Bonchev–Trinajstić information content (AvgIpc) is 2.37. The van der Waals surface area contributed by atoms with Crippen molar-refractivity contribution in [1.82, 2.24) is 9.97 Å². The predicted octanol–water partition coefficient (Wildman–Crippen LogP) is 4.55. The summed E-state index contributed by atoms with van der Waals surface area (Å²) in [6, 6.07) is 10.4. The summed E-state index contributed by atoms with van der Waals surface area (Å²) in [6.45, 7) is 10.7. The monoisotopic (exact) mass is 284 g/mol. The van der Waals surface area contributed by atoms with E-state index in [2.05, 4.69) is 79.5 Å². The molecule has 0 aliphatic rings. The highest BCUT2D eigenvalue weighted by molar-refractivity contribution is 5.59. The van der Waals surface area contributed by atoms with Gasteiger partial charge in [-0.25, -0.2) is 9.97 Å². The van der Waals surface area contributed by atoms with Crippen molar-refractivity contribution in [3.63, 3.8) is 0 Å². The van der Waals surface area contributed by atoms with Gasteiger partial charge in [0.25, 0.3) is 0 Å². The maximum absolute atomic E-state index is 4.26. The predicted molar refractivity (Wildman–Crippen MR) is 89.2 cm³/mol. The zero-order valence-electron chi connectivity index (χ0n) is 13.4. The van der Waals surface area contributed by atoms with Gasteiger partial charge in [-0.3, -0.25) is 0 Å². The van der Waals surface area contributed by atoms with Crippen LogP contribution in [0.4, 0.5) is 17.3 Å². The third-order valence-electron chi connectivity index (χ3n) is 3.02. The molecule has 0 saturated heterocycles. The lowest BCUT2D eigenvalue weighted by Crippen LogP contribution is -2.26. The van der Waals surface area contributed by atoms with Gasteiger partial charge in [-0.2, -0.15) is 0 Å². The SMILES string of the molecule is CC(C)c1ccc(Nc2cc(NC(C)(C)C)ncn2)cc1. The van der Waals surface area contributed by atoms with Crippen LogP contribution in [0.2, 0.25) is 0 Å². The smallest absolute Gasteiger partial charge is 0.135 e. The van der Waals surface area contributed by atoms with Gasteiger partial charge in [0, 0.05) is 17.3 Å². The number of aromatic nitrogens is 2. The molecule has 0 unspecified atom stereocenters. The van der Waals surface area contributed by atoms with E-state index in [1.165, 1.54) is 5.56 Å². The summed E-state index contributed by atoms with van der Waals surface area (Å²) in [6.07, 6.45) is 1.57. The third kappa shape index (κ3) is 4.74. The maximum atomic E-state index is 4.26. The molecule has 0 fully saturated rings. The average molecular weight is 284 g/mol. The molecule has 4 nitrogen and oxygen atoms in total. The second-order valence-corrected chi connectivity index (χ2v) is 6.57. The molecule has 1 aromatic carbocycles. The molecule has 0 radical (unpaired) electrons. The first-order chi connectivity index (χ1) is 9.83. The Kier molecular flexibility index (Phi) is 4.46. The molecule has 2 aromatic rings. The molecule has 1 aromatic heterocycles. The highest BCUT2D eigenvalue weighted by atomic mass is 15.1. The molecular weight excluding hydrogens is 260 g/mol. The van der Waals surface area contributed by atoms with Gasteiger partial charge in [-0.05, 0) is 44.4 Å². The molecule has 0 bridgehead atoms. The Morgan fingerprint density at radius 2 is 1.57 bits per heavy atom. The largest absolute Gasteiger partial charge is 0.365 e. The number of benzene rings is 1. The summed E-state index contributed by atoms with van der Waals surface area (Å²) in [5.74, 6) is 2.15. The highest BCUT2D eigenvalue weighted by Gasteiger charge is 2.10. The van der Waals surface area contributed by atoms with Gasteiger partial charge in [0.1, 0.15) is 18.0 Å². The Hall–Kier alpha value is -2.10. The number of hydrogen-bond acceptors (Lipinski definition) is 4. The normalized spacial score (nSPS) is 11.5. The van der Waals surface area contributed by atoms with Crippen molar-refractivity contribution in [2.24, 2.45) is 0 Å². The molecule has 0 aliphatic heterocycles. The molecular formula is C17H24N4.